The normalized spacial score (nSPS) is 23.1. The van der Waals surface area contributed by atoms with Gasteiger partial charge in [0.15, 0.2) is 0 Å². The Morgan fingerprint density at radius 3 is 2.52 bits per heavy atom. The van der Waals surface area contributed by atoms with Crippen LogP contribution in [0.5, 0.6) is 0 Å². The third kappa shape index (κ3) is 3.52. The molecule has 2 bridgehead atoms. The Morgan fingerprint density at radius 1 is 1.14 bits per heavy atom. The van der Waals surface area contributed by atoms with Gasteiger partial charge >= 0.3 is 0 Å². The lowest BCUT2D eigenvalue weighted by molar-refractivity contribution is -0.121. The number of rotatable bonds is 3. The van der Waals surface area contributed by atoms with E-state index in [1.165, 1.54) is 0 Å². The second kappa shape index (κ2) is 7.38. The van der Waals surface area contributed by atoms with Crippen molar-refractivity contribution < 1.29 is 10.6 Å². The molecule has 8 nitrogen and oxygen atoms in total. The second-order valence-corrected chi connectivity index (χ2v) is 7.79. The van der Waals surface area contributed by atoms with Crippen molar-refractivity contribution in [2.45, 2.75) is 43.9 Å². The summed E-state index contributed by atoms with van der Waals surface area (Å²) >= 11 is 0. The van der Waals surface area contributed by atoms with Crippen LogP contribution < -0.4 is 4.90 Å². The standard InChI is InChI=1S/C17H17N7O.C3H5F.H2/c25-10-24-12-1-2-13(24)8-23(7-12)17-14-5-15(11-3-4-20-21-6-11)22-16(14)18-9-19-17;4-3-1-2-3;/h3-6,9-10,12-13H,1-2,7-8H2,(H,18,19,22);3H,1-2H2;1H. The fourth-order valence-corrected chi connectivity index (χ4v) is 4.13. The van der Waals surface area contributed by atoms with E-state index >= 15 is 0 Å². The van der Waals surface area contributed by atoms with E-state index < -0.39 is 6.17 Å². The van der Waals surface area contributed by atoms with Crippen molar-refractivity contribution >= 4 is 23.3 Å². The van der Waals surface area contributed by atoms with Crippen molar-refractivity contribution in [2.75, 3.05) is 18.0 Å². The lowest BCUT2D eigenvalue weighted by atomic mass is 10.2. The molecule has 1 aliphatic carbocycles. The number of nitrogens with one attached hydrogen (secondary N) is 1. The van der Waals surface area contributed by atoms with Crippen molar-refractivity contribution in [3.8, 4) is 11.3 Å². The summed E-state index contributed by atoms with van der Waals surface area (Å²) in [6.45, 7) is 1.64. The summed E-state index contributed by atoms with van der Waals surface area (Å²) in [7, 11) is 0. The van der Waals surface area contributed by atoms with E-state index in [1.807, 2.05) is 11.0 Å². The SMILES string of the molecule is FC1CC1.O=CN1C2CCC1CN(c1ncnc3[nH]c(-c4ccnnc4)cc13)C2.[HH]. The number of hydrogen-bond donors (Lipinski definition) is 1. The summed E-state index contributed by atoms with van der Waals surface area (Å²) in [6.07, 6.45) is 9.34. The third-order valence-electron chi connectivity index (χ3n) is 5.77. The fourth-order valence-electron chi connectivity index (χ4n) is 4.13. The zero-order valence-electron chi connectivity index (χ0n) is 15.9. The smallest absolute Gasteiger partial charge is 0.210 e. The van der Waals surface area contributed by atoms with Crippen LogP contribution in [0.15, 0.2) is 30.9 Å². The molecule has 1 N–H and O–H groups in total. The summed E-state index contributed by atoms with van der Waals surface area (Å²) in [5, 5.41) is 8.75. The molecule has 29 heavy (non-hydrogen) atoms. The van der Waals surface area contributed by atoms with Gasteiger partial charge in [-0.25, -0.2) is 14.4 Å². The van der Waals surface area contributed by atoms with Gasteiger partial charge in [-0.1, -0.05) is 0 Å². The van der Waals surface area contributed by atoms with Crippen molar-refractivity contribution in [1.29, 1.82) is 0 Å². The van der Waals surface area contributed by atoms with Crippen LogP contribution in [-0.4, -0.2) is 67.8 Å². The lowest BCUT2D eigenvalue weighted by Gasteiger charge is -2.39. The first-order chi connectivity index (χ1) is 14.2. The molecule has 152 valence electrons. The van der Waals surface area contributed by atoms with Gasteiger partial charge in [0, 0.05) is 37.9 Å². The molecule has 0 aromatic carbocycles. The predicted octanol–water partition coefficient (Wildman–Crippen LogP) is 2.59. The maximum atomic E-state index is 11.3. The molecule has 0 radical (unpaired) electrons. The molecule has 9 heteroatoms. The summed E-state index contributed by atoms with van der Waals surface area (Å²) in [4.78, 5) is 27.8. The van der Waals surface area contributed by atoms with Gasteiger partial charge in [0.05, 0.1) is 17.8 Å². The average molecular weight is 397 g/mol. The van der Waals surface area contributed by atoms with E-state index in [0.29, 0.717) is 0 Å². The average Bonchev–Trinajstić information content (AvgIpc) is 3.34. The van der Waals surface area contributed by atoms with Gasteiger partial charge < -0.3 is 14.8 Å². The highest BCUT2D eigenvalue weighted by molar-refractivity contribution is 5.92. The van der Waals surface area contributed by atoms with Crippen LogP contribution in [0.2, 0.25) is 0 Å². The highest BCUT2D eigenvalue weighted by atomic mass is 19.1. The maximum Gasteiger partial charge on any atom is 0.210 e. The first kappa shape index (κ1) is 18.0. The van der Waals surface area contributed by atoms with Crippen molar-refractivity contribution in [1.82, 2.24) is 30.0 Å². The van der Waals surface area contributed by atoms with Crippen LogP contribution in [0, 0.1) is 0 Å². The molecule has 2 aliphatic heterocycles. The number of amides is 1. The number of halogens is 1. The van der Waals surface area contributed by atoms with Gasteiger partial charge in [-0.15, -0.1) is 0 Å². The monoisotopic (exact) mass is 397 g/mol. The predicted molar refractivity (Wildman–Crippen MR) is 108 cm³/mol. The number of carbonyl (C=O) groups is 1. The van der Waals surface area contributed by atoms with E-state index in [-0.39, 0.29) is 13.5 Å². The highest BCUT2D eigenvalue weighted by Gasteiger charge is 2.39. The molecule has 6 rings (SSSR count). The summed E-state index contributed by atoms with van der Waals surface area (Å²) < 4.78 is 11.1. The number of hydrogen-bond acceptors (Lipinski definition) is 6. The number of fused-ring (bicyclic) bond motifs is 3. The lowest BCUT2D eigenvalue weighted by Crippen LogP contribution is -2.53. The Labute approximate surface area is 168 Å². The number of piperazine rings is 1. The number of aromatic nitrogens is 5. The summed E-state index contributed by atoms with van der Waals surface area (Å²) in [5.41, 5.74) is 2.72. The Kier molecular flexibility index (Phi) is 4.57. The molecule has 3 aromatic heterocycles. The zero-order chi connectivity index (χ0) is 19.8. The molecule has 2 saturated heterocycles. The van der Waals surface area contributed by atoms with Gasteiger partial charge in [0.2, 0.25) is 6.41 Å². The number of carbonyl (C=O) groups excluding carboxylic acids is 1. The molecule has 3 aromatic rings. The molecule has 3 fully saturated rings. The van der Waals surface area contributed by atoms with E-state index in [9.17, 15) is 9.18 Å². The molecule has 1 amide bonds. The van der Waals surface area contributed by atoms with Gasteiger partial charge in [-0.3, -0.25) is 4.79 Å². The van der Waals surface area contributed by atoms with Crippen LogP contribution in [0.1, 0.15) is 27.1 Å². The molecule has 1 saturated carbocycles. The van der Waals surface area contributed by atoms with E-state index in [1.54, 1.807) is 18.7 Å². The number of aromatic amines is 1. The molecule has 2 atom stereocenters. The van der Waals surface area contributed by atoms with Crippen molar-refractivity contribution in [3.63, 3.8) is 0 Å². The minimum absolute atomic E-state index is 0. The number of alkyl halides is 1. The van der Waals surface area contributed by atoms with Crippen LogP contribution in [-0.2, 0) is 4.79 Å². The Bertz CT molecular complexity index is 999. The summed E-state index contributed by atoms with van der Waals surface area (Å²) in [5.74, 6) is 0.928. The van der Waals surface area contributed by atoms with Gasteiger partial charge in [-0.05, 0) is 37.8 Å². The van der Waals surface area contributed by atoms with Gasteiger partial charge in [0.25, 0.3) is 0 Å². The maximum absolute atomic E-state index is 11.3. The Hall–Kier alpha value is -3.10. The van der Waals surface area contributed by atoms with Gasteiger partial charge in [0.1, 0.15) is 24.0 Å². The Balaban J connectivity index is 0.000000393. The molecule has 0 spiro atoms. The minimum atomic E-state index is -0.417. The largest absolute Gasteiger partial charge is 0.352 e. The van der Waals surface area contributed by atoms with Crippen LogP contribution in [0.3, 0.4) is 0 Å². The van der Waals surface area contributed by atoms with Crippen LogP contribution >= 0.6 is 0 Å². The second-order valence-electron chi connectivity index (χ2n) is 7.79. The van der Waals surface area contributed by atoms with Crippen LogP contribution in [0.25, 0.3) is 22.3 Å². The first-order valence-corrected chi connectivity index (χ1v) is 9.95. The highest BCUT2D eigenvalue weighted by Crippen LogP contribution is 2.34. The third-order valence-corrected chi connectivity index (χ3v) is 5.77. The van der Waals surface area contributed by atoms with Crippen LogP contribution in [0.4, 0.5) is 10.2 Å². The van der Waals surface area contributed by atoms with E-state index in [0.717, 1.165) is 73.3 Å². The molecular formula is C20H24FN7O. The first-order valence-electron chi connectivity index (χ1n) is 9.95. The summed E-state index contributed by atoms with van der Waals surface area (Å²) in [6, 6.07) is 4.54. The minimum Gasteiger partial charge on any atom is -0.352 e. The quantitative estimate of drug-likeness (QED) is 0.683. The fraction of sp³-hybridized carbons (Fsp3) is 0.450. The van der Waals surface area contributed by atoms with Crippen molar-refractivity contribution in [3.05, 3.63) is 30.9 Å². The zero-order valence-corrected chi connectivity index (χ0v) is 15.9. The Morgan fingerprint density at radius 2 is 1.90 bits per heavy atom. The molecule has 5 heterocycles. The molecular weight excluding hydrogens is 373 g/mol. The van der Waals surface area contributed by atoms with E-state index in [2.05, 4.69) is 36.1 Å². The number of nitrogens with zero attached hydrogens (tertiary/aromatic N) is 6. The number of H-pyrrole nitrogens is 1. The topological polar surface area (TPSA) is 90.9 Å². The van der Waals surface area contributed by atoms with Gasteiger partial charge in [-0.2, -0.15) is 10.2 Å². The van der Waals surface area contributed by atoms with E-state index in [4.69, 9.17) is 0 Å². The molecule has 3 aliphatic rings. The number of anilines is 1. The van der Waals surface area contributed by atoms with Crippen molar-refractivity contribution in [2.24, 2.45) is 0 Å². The molecule has 2 unspecified atom stereocenters.